The number of cyclic esters (lactones) is 1. The fourth-order valence-corrected chi connectivity index (χ4v) is 6.24. The van der Waals surface area contributed by atoms with Crippen molar-refractivity contribution in [2.24, 2.45) is 11.3 Å². The van der Waals surface area contributed by atoms with Crippen LogP contribution in [0.3, 0.4) is 0 Å². The maximum atomic E-state index is 13.3. The van der Waals surface area contributed by atoms with Crippen LogP contribution in [0.5, 0.6) is 0 Å². The molecule has 2 heterocycles. The van der Waals surface area contributed by atoms with Crippen molar-refractivity contribution in [1.29, 1.82) is 0 Å². The standard InChI is InChI=1S/C28H32N2O5/c1-26(2,3)35-25(33)30(18-19-9-5-4-6-10-19)15-13-28-20-11-7-8-12-22(20)29-23(31)21(28)17-27(28)14-16-34-24(27)32/h4-12,21H,13-18H2,1-3H3,(H,29,31)/t21-,27+,28+/m1/s1. The molecule has 0 radical (unpaired) electrons. The van der Waals surface area contributed by atoms with E-state index in [1.165, 1.54) is 0 Å². The Labute approximate surface area is 205 Å². The van der Waals surface area contributed by atoms with Crippen LogP contribution in [0.25, 0.3) is 0 Å². The molecule has 7 nitrogen and oxygen atoms in total. The van der Waals surface area contributed by atoms with Gasteiger partial charge in [0.15, 0.2) is 0 Å². The van der Waals surface area contributed by atoms with Gasteiger partial charge in [0.2, 0.25) is 5.91 Å². The largest absolute Gasteiger partial charge is 0.465 e. The third-order valence-corrected chi connectivity index (χ3v) is 7.78. The predicted octanol–water partition coefficient (Wildman–Crippen LogP) is 4.66. The summed E-state index contributed by atoms with van der Waals surface area (Å²) in [5, 5.41) is 3.02. The number of ether oxygens (including phenoxy) is 2. The van der Waals surface area contributed by atoms with Gasteiger partial charge in [0, 0.05) is 24.2 Å². The summed E-state index contributed by atoms with van der Waals surface area (Å²) in [6, 6.07) is 17.5. The fraction of sp³-hybridized carbons (Fsp3) is 0.464. The second-order valence-electron chi connectivity index (χ2n) is 10.9. The van der Waals surface area contributed by atoms with Crippen molar-refractivity contribution >= 4 is 23.7 Å². The Bertz CT molecular complexity index is 1160. The Morgan fingerprint density at radius 1 is 1.11 bits per heavy atom. The van der Waals surface area contributed by atoms with Gasteiger partial charge in [-0.1, -0.05) is 48.5 Å². The lowest BCUT2D eigenvalue weighted by molar-refractivity contribution is -0.170. The lowest BCUT2D eigenvalue weighted by atomic mass is 9.38. The van der Waals surface area contributed by atoms with Crippen molar-refractivity contribution in [3.05, 3.63) is 65.7 Å². The number of fused-ring (bicyclic) bond motifs is 4. The minimum absolute atomic E-state index is 0.0686. The van der Waals surface area contributed by atoms with Crippen molar-refractivity contribution < 1.29 is 23.9 Å². The number of rotatable bonds is 5. The van der Waals surface area contributed by atoms with Crippen LogP contribution in [0.2, 0.25) is 0 Å². The maximum absolute atomic E-state index is 13.3. The highest BCUT2D eigenvalue weighted by Gasteiger charge is 2.74. The first-order chi connectivity index (χ1) is 16.7. The molecule has 2 aromatic carbocycles. The number of nitrogens with zero attached hydrogens (tertiary/aromatic N) is 1. The Morgan fingerprint density at radius 3 is 2.51 bits per heavy atom. The lowest BCUT2D eigenvalue weighted by Gasteiger charge is -2.63. The Morgan fingerprint density at radius 2 is 1.83 bits per heavy atom. The fourth-order valence-electron chi connectivity index (χ4n) is 6.24. The molecule has 1 N–H and O–H groups in total. The molecule has 1 aliphatic carbocycles. The maximum Gasteiger partial charge on any atom is 0.410 e. The number of para-hydroxylation sites is 1. The van der Waals surface area contributed by atoms with Crippen LogP contribution < -0.4 is 5.32 Å². The smallest absolute Gasteiger partial charge is 0.410 e. The molecule has 1 spiro atoms. The monoisotopic (exact) mass is 476 g/mol. The number of amides is 2. The molecule has 2 fully saturated rings. The quantitative estimate of drug-likeness (QED) is 0.635. The summed E-state index contributed by atoms with van der Waals surface area (Å²) in [6.07, 6.45) is 1.10. The minimum atomic E-state index is -0.752. The van der Waals surface area contributed by atoms with Crippen molar-refractivity contribution in [3.8, 4) is 0 Å². The van der Waals surface area contributed by atoms with Gasteiger partial charge in [0.1, 0.15) is 5.60 Å². The van der Waals surface area contributed by atoms with E-state index in [4.69, 9.17) is 9.47 Å². The summed E-state index contributed by atoms with van der Waals surface area (Å²) in [7, 11) is 0. The van der Waals surface area contributed by atoms with E-state index in [9.17, 15) is 14.4 Å². The number of esters is 1. The van der Waals surface area contributed by atoms with Gasteiger partial charge < -0.3 is 19.7 Å². The minimum Gasteiger partial charge on any atom is -0.465 e. The van der Waals surface area contributed by atoms with Crippen LogP contribution in [0.1, 0.15) is 51.2 Å². The van der Waals surface area contributed by atoms with Crippen LogP contribution in [-0.2, 0) is 31.0 Å². The predicted molar refractivity (Wildman–Crippen MR) is 131 cm³/mol. The third kappa shape index (κ3) is 3.77. The number of anilines is 1. The molecule has 2 aromatic rings. The molecule has 0 aromatic heterocycles. The zero-order valence-corrected chi connectivity index (χ0v) is 20.5. The van der Waals surface area contributed by atoms with Gasteiger partial charge in [0.25, 0.3) is 0 Å². The summed E-state index contributed by atoms with van der Waals surface area (Å²) < 4.78 is 11.2. The van der Waals surface area contributed by atoms with Crippen molar-refractivity contribution in [2.75, 3.05) is 18.5 Å². The second kappa shape index (κ2) is 8.40. The molecule has 35 heavy (non-hydrogen) atoms. The highest BCUT2D eigenvalue weighted by atomic mass is 16.6. The first kappa shape index (κ1) is 23.4. The van der Waals surface area contributed by atoms with Crippen LogP contribution in [0, 0.1) is 11.3 Å². The molecule has 2 amide bonds. The summed E-state index contributed by atoms with van der Waals surface area (Å²) in [5.41, 5.74) is 0.557. The SMILES string of the molecule is CC(C)(C)OC(=O)N(CC[C@]12c3ccccc3NC(=O)[C@H]1C[C@]21CCOC1=O)Cc1ccccc1. The molecule has 1 saturated carbocycles. The van der Waals surface area contributed by atoms with Crippen molar-refractivity contribution in [2.45, 2.75) is 57.6 Å². The Balaban J connectivity index is 1.52. The van der Waals surface area contributed by atoms with Gasteiger partial charge >= 0.3 is 12.1 Å². The van der Waals surface area contributed by atoms with Gasteiger partial charge in [0.05, 0.1) is 17.9 Å². The topological polar surface area (TPSA) is 84.9 Å². The average Bonchev–Trinajstić information content (AvgIpc) is 3.20. The van der Waals surface area contributed by atoms with Gasteiger partial charge in [-0.15, -0.1) is 0 Å². The Kier molecular flexibility index (Phi) is 5.61. The first-order valence-corrected chi connectivity index (χ1v) is 12.3. The van der Waals surface area contributed by atoms with E-state index in [2.05, 4.69) is 5.32 Å². The molecule has 5 rings (SSSR count). The van der Waals surface area contributed by atoms with Crippen LogP contribution in [-0.4, -0.2) is 41.6 Å². The molecule has 2 aliphatic heterocycles. The van der Waals surface area contributed by atoms with Crippen LogP contribution in [0.4, 0.5) is 10.5 Å². The first-order valence-electron chi connectivity index (χ1n) is 12.3. The molecule has 184 valence electrons. The number of nitrogens with one attached hydrogen (secondary N) is 1. The number of carbonyl (C=O) groups is 3. The van der Waals surface area contributed by atoms with Crippen molar-refractivity contribution in [3.63, 3.8) is 0 Å². The average molecular weight is 477 g/mol. The van der Waals surface area contributed by atoms with E-state index >= 15 is 0 Å². The van der Waals surface area contributed by atoms with Crippen molar-refractivity contribution in [1.82, 2.24) is 4.90 Å². The molecule has 3 atom stereocenters. The molecule has 0 bridgehead atoms. The molecule has 1 saturated heterocycles. The number of carbonyl (C=O) groups excluding carboxylic acids is 3. The summed E-state index contributed by atoms with van der Waals surface area (Å²) in [5.74, 6) is -0.647. The van der Waals surface area contributed by atoms with Gasteiger partial charge in [-0.25, -0.2) is 4.79 Å². The molecule has 7 heteroatoms. The summed E-state index contributed by atoms with van der Waals surface area (Å²) in [6.45, 7) is 6.61. The van der Waals surface area contributed by atoms with E-state index in [0.29, 0.717) is 39.0 Å². The molecule has 0 unspecified atom stereocenters. The summed E-state index contributed by atoms with van der Waals surface area (Å²) in [4.78, 5) is 41.3. The lowest BCUT2D eigenvalue weighted by Crippen LogP contribution is -2.69. The van der Waals surface area contributed by atoms with E-state index in [1.54, 1.807) is 4.90 Å². The number of hydrogen-bond donors (Lipinski definition) is 1. The zero-order valence-electron chi connectivity index (χ0n) is 20.5. The Hall–Kier alpha value is -3.35. The van der Waals surface area contributed by atoms with Gasteiger partial charge in [-0.3, -0.25) is 9.59 Å². The zero-order chi connectivity index (χ0) is 24.8. The van der Waals surface area contributed by atoms with Gasteiger partial charge in [-0.05, 0) is 57.2 Å². The highest BCUT2D eigenvalue weighted by molar-refractivity contribution is 6.02. The van der Waals surface area contributed by atoms with Gasteiger partial charge in [-0.2, -0.15) is 0 Å². The molecular formula is C28H32N2O5. The van der Waals surface area contributed by atoms with E-state index in [0.717, 1.165) is 16.8 Å². The number of hydrogen-bond acceptors (Lipinski definition) is 5. The van der Waals surface area contributed by atoms with E-state index in [-0.39, 0.29) is 17.8 Å². The van der Waals surface area contributed by atoms with Crippen LogP contribution in [0.15, 0.2) is 54.6 Å². The number of benzene rings is 2. The molecule has 3 aliphatic rings. The highest BCUT2D eigenvalue weighted by Crippen LogP contribution is 2.69. The second-order valence-corrected chi connectivity index (χ2v) is 10.9. The van der Waals surface area contributed by atoms with E-state index < -0.39 is 22.5 Å². The third-order valence-electron chi connectivity index (χ3n) is 7.78. The normalized spacial score (nSPS) is 26.8. The van der Waals surface area contributed by atoms with Crippen LogP contribution >= 0.6 is 0 Å². The van der Waals surface area contributed by atoms with E-state index in [1.807, 2.05) is 75.4 Å². The summed E-state index contributed by atoms with van der Waals surface area (Å²) >= 11 is 0. The molecular weight excluding hydrogens is 444 g/mol.